The largest absolute Gasteiger partial charge is 0.494 e. The molecule has 0 spiro atoms. The molecule has 0 atom stereocenters. The summed E-state index contributed by atoms with van der Waals surface area (Å²) in [7, 11) is 1.41. The van der Waals surface area contributed by atoms with Crippen molar-refractivity contribution >= 4 is 0 Å². The Kier molecular flexibility index (Phi) is 3.58. The summed E-state index contributed by atoms with van der Waals surface area (Å²) in [5, 5.41) is 13.7. The number of halogens is 1. The lowest BCUT2D eigenvalue weighted by Gasteiger charge is -2.04. The molecule has 4 nitrogen and oxygen atoms in total. The Morgan fingerprint density at radius 3 is 2.59 bits per heavy atom. The fraction of sp³-hybridized carbons (Fsp3) is 0.0588. The van der Waals surface area contributed by atoms with Gasteiger partial charge in [0.1, 0.15) is 11.8 Å². The van der Waals surface area contributed by atoms with Gasteiger partial charge in [0.15, 0.2) is 11.6 Å². The van der Waals surface area contributed by atoms with Gasteiger partial charge in [0.25, 0.3) is 0 Å². The normalized spacial score (nSPS) is 10.2. The molecule has 1 aromatic heterocycles. The quantitative estimate of drug-likeness (QED) is 0.742. The molecule has 0 aliphatic carbocycles. The van der Waals surface area contributed by atoms with Crippen LogP contribution < -0.4 is 4.74 Å². The average Bonchev–Trinajstić information content (AvgIpc) is 3.00. The van der Waals surface area contributed by atoms with Gasteiger partial charge in [-0.05, 0) is 30.3 Å². The first-order valence-electron chi connectivity index (χ1n) is 6.62. The summed E-state index contributed by atoms with van der Waals surface area (Å²) in [5.74, 6) is -0.331. The molecule has 0 unspecified atom stereocenters. The van der Waals surface area contributed by atoms with Crippen LogP contribution in [0.25, 0.3) is 16.9 Å². The average molecular weight is 293 g/mol. The summed E-state index contributed by atoms with van der Waals surface area (Å²) in [4.78, 5) is 0. The molecule has 0 amide bonds. The zero-order chi connectivity index (χ0) is 15.5. The Labute approximate surface area is 127 Å². The van der Waals surface area contributed by atoms with Gasteiger partial charge in [0.05, 0.1) is 18.4 Å². The van der Waals surface area contributed by atoms with E-state index in [0.29, 0.717) is 16.8 Å². The van der Waals surface area contributed by atoms with Crippen molar-refractivity contribution < 1.29 is 9.13 Å². The van der Waals surface area contributed by atoms with E-state index in [-0.39, 0.29) is 5.75 Å². The topological polar surface area (TPSA) is 50.8 Å². The van der Waals surface area contributed by atoms with E-state index < -0.39 is 5.82 Å². The standard InChI is InChI=1S/C17H12FN3O/c1-22-16-8-7-12(9-15(16)18)17-13(10-19)11-21(20-17)14-5-3-2-4-6-14/h2-9,11H,1H3. The van der Waals surface area contributed by atoms with Crippen LogP contribution in [0.5, 0.6) is 5.75 Å². The maximum atomic E-state index is 13.9. The predicted octanol–water partition coefficient (Wildman–Crippen LogP) is 3.56. The van der Waals surface area contributed by atoms with Crippen LogP contribution in [-0.4, -0.2) is 16.9 Å². The van der Waals surface area contributed by atoms with Crippen molar-refractivity contribution in [2.45, 2.75) is 0 Å². The lowest BCUT2D eigenvalue weighted by Crippen LogP contribution is -1.94. The van der Waals surface area contributed by atoms with Crippen molar-refractivity contribution in [3.8, 4) is 28.8 Å². The molecule has 0 aliphatic rings. The molecule has 3 rings (SSSR count). The van der Waals surface area contributed by atoms with E-state index in [9.17, 15) is 9.65 Å². The Bertz CT molecular complexity index is 850. The van der Waals surface area contributed by atoms with Crippen LogP contribution in [0, 0.1) is 17.1 Å². The number of para-hydroxylation sites is 1. The summed E-state index contributed by atoms with van der Waals surface area (Å²) in [6.45, 7) is 0. The third kappa shape index (κ3) is 2.42. The predicted molar refractivity (Wildman–Crippen MR) is 80.2 cm³/mol. The van der Waals surface area contributed by atoms with Gasteiger partial charge < -0.3 is 4.74 Å². The second-order valence-electron chi connectivity index (χ2n) is 4.63. The highest BCUT2D eigenvalue weighted by molar-refractivity contribution is 5.67. The molecule has 1 heterocycles. The Hall–Kier alpha value is -3.13. The zero-order valence-electron chi connectivity index (χ0n) is 11.8. The Balaban J connectivity index is 2.10. The van der Waals surface area contributed by atoms with Gasteiger partial charge in [-0.25, -0.2) is 9.07 Å². The molecule has 108 valence electrons. The summed E-state index contributed by atoms with van der Waals surface area (Å²) in [6.07, 6.45) is 1.63. The zero-order valence-corrected chi connectivity index (χ0v) is 11.8. The second kappa shape index (κ2) is 5.70. The molecule has 3 aromatic rings. The first-order valence-corrected chi connectivity index (χ1v) is 6.62. The lowest BCUT2D eigenvalue weighted by atomic mass is 10.1. The van der Waals surface area contributed by atoms with E-state index in [0.717, 1.165) is 5.69 Å². The number of benzene rings is 2. The third-order valence-corrected chi connectivity index (χ3v) is 3.28. The van der Waals surface area contributed by atoms with Gasteiger partial charge in [-0.2, -0.15) is 10.4 Å². The Morgan fingerprint density at radius 1 is 1.18 bits per heavy atom. The molecule has 5 heteroatoms. The number of methoxy groups -OCH3 is 1. The van der Waals surface area contributed by atoms with E-state index in [4.69, 9.17) is 4.74 Å². The third-order valence-electron chi connectivity index (χ3n) is 3.28. The highest BCUT2D eigenvalue weighted by atomic mass is 19.1. The minimum Gasteiger partial charge on any atom is -0.494 e. The van der Waals surface area contributed by atoms with E-state index in [1.54, 1.807) is 16.9 Å². The van der Waals surface area contributed by atoms with Crippen LogP contribution >= 0.6 is 0 Å². The minimum absolute atomic E-state index is 0.157. The fourth-order valence-electron chi connectivity index (χ4n) is 2.20. The van der Waals surface area contributed by atoms with E-state index in [1.165, 1.54) is 19.2 Å². The molecule has 0 saturated heterocycles. The van der Waals surface area contributed by atoms with Crippen LogP contribution in [0.4, 0.5) is 4.39 Å². The first kappa shape index (κ1) is 13.8. The number of hydrogen-bond acceptors (Lipinski definition) is 3. The molecule has 22 heavy (non-hydrogen) atoms. The van der Waals surface area contributed by atoms with Crippen molar-refractivity contribution in [1.29, 1.82) is 5.26 Å². The number of aromatic nitrogens is 2. The molecule has 0 bridgehead atoms. The van der Waals surface area contributed by atoms with Crippen molar-refractivity contribution in [3.05, 3.63) is 66.1 Å². The van der Waals surface area contributed by atoms with Gasteiger partial charge in [-0.15, -0.1) is 0 Å². The van der Waals surface area contributed by atoms with Gasteiger partial charge in [0, 0.05) is 11.8 Å². The Morgan fingerprint density at radius 2 is 1.95 bits per heavy atom. The van der Waals surface area contributed by atoms with E-state index in [2.05, 4.69) is 11.2 Å². The summed E-state index contributed by atoms with van der Waals surface area (Å²) in [5.41, 5.74) is 2.19. The SMILES string of the molecule is COc1ccc(-c2nn(-c3ccccc3)cc2C#N)cc1F. The number of nitriles is 1. The highest BCUT2D eigenvalue weighted by Gasteiger charge is 2.14. The van der Waals surface area contributed by atoms with Crippen LogP contribution in [0.3, 0.4) is 0 Å². The highest BCUT2D eigenvalue weighted by Crippen LogP contribution is 2.27. The number of rotatable bonds is 3. The van der Waals surface area contributed by atoms with Gasteiger partial charge >= 0.3 is 0 Å². The molecule has 0 fully saturated rings. The van der Waals surface area contributed by atoms with Crippen LogP contribution in [0.1, 0.15) is 5.56 Å². The smallest absolute Gasteiger partial charge is 0.165 e. The van der Waals surface area contributed by atoms with Crippen molar-refractivity contribution in [2.75, 3.05) is 7.11 Å². The van der Waals surface area contributed by atoms with Crippen LogP contribution in [-0.2, 0) is 0 Å². The van der Waals surface area contributed by atoms with Gasteiger partial charge in [-0.3, -0.25) is 0 Å². The maximum Gasteiger partial charge on any atom is 0.165 e. The summed E-state index contributed by atoms with van der Waals surface area (Å²) >= 11 is 0. The van der Waals surface area contributed by atoms with Gasteiger partial charge in [0.2, 0.25) is 0 Å². The minimum atomic E-state index is -0.488. The van der Waals surface area contributed by atoms with Gasteiger partial charge in [-0.1, -0.05) is 18.2 Å². The fourth-order valence-corrected chi connectivity index (χ4v) is 2.20. The number of ether oxygens (including phenoxy) is 1. The lowest BCUT2D eigenvalue weighted by molar-refractivity contribution is 0.386. The molecule has 0 saturated carbocycles. The summed E-state index contributed by atoms with van der Waals surface area (Å²) in [6, 6.07) is 16.0. The molecule has 2 aromatic carbocycles. The monoisotopic (exact) mass is 293 g/mol. The van der Waals surface area contributed by atoms with E-state index in [1.807, 2.05) is 30.3 Å². The maximum absolute atomic E-state index is 13.9. The van der Waals surface area contributed by atoms with Crippen molar-refractivity contribution in [2.24, 2.45) is 0 Å². The van der Waals surface area contributed by atoms with Crippen molar-refractivity contribution in [1.82, 2.24) is 9.78 Å². The first-order chi connectivity index (χ1) is 10.7. The molecular formula is C17H12FN3O. The number of hydrogen-bond donors (Lipinski definition) is 0. The van der Waals surface area contributed by atoms with Crippen molar-refractivity contribution in [3.63, 3.8) is 0 Å². The molecular weight excluding hydrogens is 281 g/mol. The molecule has 0 N–H and O–H groups in total. The van der Waals surface area contributed by atoms with Crippen LogP contribution in [0.15, 0.2) is 54.7 Å². The molecule has 0 aliphatic heterocycles. The van der Waals surface area contributed by atoms with Crippen LogP contribution in [0.2, 0.25) is 0 Å². The van der Waals surface area contributed by atoms with E-state index >= 15 is 0 Å². The number of nitrogens with zero attached hydrogens (tertiary/aromatic N) is 3. The summed E-state index contributed by atoms with van der Waals surface area (Å²) < 4.78 is 20.4. The molecule has 0 radical (unpaired) electrons. The second-order valence-corrected chi connectivity index (χ2v) is 4.63.